The van der Waals surface area contributed by atoms with E-state index in [9.17, 15) is 14.7 Å². The van der Waals surface area contributed by atoms with Crippen LogP contribution in [0.3, 0.4) is 0 Å². The summed E-state index contributed by atoms with van der Waals surface area (Å²) in [7, 11) is 0. The first-order valence-electron chi connectivity index (χ1n) is 5.91. The molecule has 2 amide bonds. The lowest BCUT2D eigenvalue weighted by Gasteiger charge is -2.11. The second-order valence-corrected chi connectivity index (χ2v) is 4.48. The molecular formula is C14H14N2O3. The number of nitrogens with one attached hydrogen (secondary N) is 2. The van der Waals surface area contributed by atoms with Crippen LogP contribution in [0.5, 0.6) is 0 Å². The van der Waals surface area contributed by atoms with Crippen LogP contribution in [-0.2, 0) is 10.2 Å². The Balaban J connectivity index is 2.02. The summed E-state index contributed by atoms with van der Waals surface area (Å²) in [4.78, 5) is 22.5. The third-order valence-corrected chi connectivity index (χ3v) is 3.21. The van der Waals surface area contributed by atoms with Gasteiger partial charge in [-0.2, -0.15) is 0 Å². The highest BCUT2D eigenvalue weighted by Crippen LogP contribution is 2.48. The average Bonchev–Trinajstić information content (AvgIpc) is 3.19. The maximum atomic E-state index is 11.4. The zero-order valence-corrected chi connectivity index (χ0v) is 10.3. The van der Waals surface area contributed by atoms with E-state index in [1.165, 1.54) is 0 Å². The van der Waals surface area contributed by atoms with E-state index in [0.717, 1.165) is 5.56 Å². The van der Waals surface area contributed by atoms with Crippen LogP contribution in [0.25, 0.3) is 0 Å². The molecule has 3 N–H and O–H groups in total. The normalized spacial score (nSPS) is 15.1. The van der Waals surface area contributed by atoms with Gasteiger partial charge in [0.1, 0.15) is 0 Å². The molecule has 0 bridgehead atoms. The Morgan fingerprint density at radius 1 is 1.32 bits per heavy atom. The van der Waals surface area contributed by atoms with Gasteiger partial charge in [0.05, 0.1) is 12.0 Å². The Morgan fingerprint density at radius 2 is 1.95 bits per heavy atom. The molecule has 5 heteroatoms. The van der Waals surface area contributed by atoms with Crippen LogP contribution in [0, 0.1) is 12.3 Å². The molecule has 1 aromatic carbocycles. The lowest BCUT2D eigenvalue weighted by atomic mass is 9.96. The van der Waals surface area contributed by atoms with Gasteiger partial charge in [0.2, 0.25) is 0 Å². The standard InChI is InChI=1S/C14H14N2O3/c1-2-9-15-13(19)16-11-5-3-10(4-6-11)14(7-8-14)12(17)18/h1,3-6H,7-9H2,(H,17,18)(H2,15,16,19). The predicted molar refractivity (Wildman–Crippen MR) is 70.8 cm³/mol. The molecule has 0 aromatic heterocycles. The van der Waals surface area contributed by atoms with Crippen LogP contribution in [0.4, 0.5) is 10.5 Å². The number of anilines is 1. The molecule has 1 aliphatic carbocycles. The van der Waals surface area contributed by atoms with E-state index < -0.39 is 11.4 Å². The number of rotatable bonds is 4. The van der Waals surface area contributed by atoms with Gasteiger partial charge >= 0.3 is 12.0 Å². The maximum absolute atomic E-state index is 11.4. The maximum Gasteiger partial charge on any atom is 0.319 e. The number of carboxylic acid groups (broad SMARTS) is 1. The summed E-state index contributed by atoms with van der Waals surface area (Å²) in [6.45, 7) is 0.159. The van der Waals surface area contributed by atoms with Crippen molar-refractivity contribution in [3.05, 3.63) is 29.8 Å². The summed E-state index contributed by atoms with van der Waals surface area (Å²) in [5.41, 5.74) is 0.651. The van der Waals surface area contributed by atoms with Crippen molar-refractivity contribution in [2.75, 3.05) is 11.9 Å². The molecular weight excluding hydrogens is 244 g/mol. The Kier molecular flexibility index (Phi) is 3.43. The Labute approximate surface area is 111 Å². The zero-order valence-electron chi connectivity index (χ0n) is 10.3. The zero-order chi connectivity index (χ0) is 13.9. The van der Waals surface area contributed by atoms with Gasteiger partial charge in [0.25, 0.3) is 0 Å². The monoisotopic (exact) mass is 258 g/mol. The van der Waals surface area contributed by atoms with Gasteiger partial charge in [0, 0.05) is 5.69 Å². The molecule has 1 aliphatic rings. The van der Waals surface area contributed by atoms with E-state index in [4.69, 9.17) is 6.42 Å². The highest BCUT2D eigenvalue weighted by atomic mass is 16.4. The molecule has 1 fully saturated rings. The van der Waals surface area contributed by atoms with Crippen molar-refractivity contribution < 1.29 is 14.7 Å². The predicted octanol–water partition coefficient (Wildman–Crippen LogP) is 1.56. The summed E-state index contributed by atoms with van der Waals surface area (Å²) in [6, 6.07) is 6.46. The molecule has 98 valence electrons. The van der Waals surface area contributed by atoms with Crippen molar-refractivity contribution in [2.45, 2.75) is 18.3 Å². The van der Waals surface area contributed by atoms with Crippen LogP contribution in [0.2, 0.25) is 0 Å². The van der Waals surface area contributed by atoms with Crippen LogP contribution in [-0.4, -0.2) is 23.7 Å². The third-order valence-electron chi connectivity index (χ3n) is 3.21. The van der Waals surface area contributed by atoms with E-state index >= 15 is 0 Å². The van der Waals surface area contributed by atoms with Crippen molar-refractivity contribution in [1.82, 2.24) is 5.32 Å². The van der Waals surface area contributed by atoms with Crippen molar-refractivity contribution in [1.29, 1.82) is 0 Å². The summed E-state index contributed by atoms with van der Waals surface area (Å²) >= 11 is 0. The van der Waals surface area contributed by atoms with Crippen molar-refractivity contribution in [3.63, 3.8) is 0 Å². The molecule has 0 spiro atoms. The van der Waals surface area contributed by atoms with Gasteiger partial charge in [-0.3, -0.25) is 4.79 Å². The first-order chi connectivity index (χ1) is 9.08. The first-order valence-corrected chi connectivity index (χ1v) is 5.91. The molecule has 0 atom stereocenters. The first kappa shape index (κ1) is 13.0. The van der Waals surface area contributed by atoms with Crippen LogP contribution < -0.4 is 10.6 Å². The van der Waals surface area contributed by atoms with Crippen molar-refractivity contribution >= 4 is 17.7 Å². The van der Waals surface area contributed by atoms with Crippen LogP contribution in [0.15, 0.2) is 24.3 Å². The number of carbonyl (C=O) groups excluding carboxylic acids is 1. The van der Waals surface area contributed by atoms with Gasteiger partial charge in [-0.05, 0) is 30.5 Å². The molecule has 19 heavy (non-hydrogen) atoms. The van der Waals surface area contributed by atoms with E-state index in [-0.39, 0.29) is 12.6 Å². The lowest BCUT2D eigenvalue weighted by molar-refractivity contribution is -0.140. The fraction of sp³-hybridized carbons (Fsp3) is 0.286. The highest BCUT2D eigenvalue weighted by Gasteiger charge is 2.51. The Bertz CT molecular complexity index is 539. The second kappa shape index (κ2) is 5.02. The minimum atomic E-state index is -0.792. The molecule has 0 unspecified atom stereocenters. The van der Waals surface area contributed by atoms with E-state index in [1.807, 2.05) is 0 Å². The molecule has 0 radical (unpaired) electrons. The third kappa shape index (κ3) is 2.68. The fourth-order valence-corrected chi connectivity index (χ4v) is 1.93. The van der Waals surface area contributed by atoms with Gasteiger partial charge in [-0.25, -0.2) is 4.79 Å². The molecule has 5 nitrogen and oxygen atoms in total. The van der Waals surface area contributed by atoms with Crippen molar-refractivity contribution in [3.8, 4) is 12.3 Å². The lowest BCUT2D eigenvalue weighted by Crippen LogP contribution is -2.28. The SMILES string of the molecule is C#CCNC(=O)Nc1ccc(C2(C(=O)O)CC2)cc1. The Morgan fingerprint density at radius 3 is 2.42 bits per heavy atom. The number of hydrogen-bond donors (Lipinski definition) is 3. The quantitative estimate of drug-likeness (QED) is 0.717. The van der Waals surface area contributed by atoms with E-state index in [1.54, 1.807) is 24.3 Å². The molecule has 1 aromatic rings. The number of carboxylic acids is 1. The fourth-order valence-electron chi connectivity index (χ4n) is 1.93. The molecule has 0 aliphatic heterocycles. The van der Waals surface area contributed by atoms with Gasteiger partial charge in [-0.1, -0.05) is 18.1 Å². The molecule has 0 heterocycles. The van der Waals surface area contributed by atoms with E-state index in [0.29, 0.717) is 18.5 Å². The number of aliphatic carboxylic acids is 1. The van der Waals surface area contributed by atoms with Crippen LogP contribution in [0.1, 0.15) is 18.4 Å². The number of amides is 2. The smallest absolute Gasteiger partial charge is 0.319 e. The number of hydrogen-bond acceptors (Lipinski definition) is 2. The van der Waals surface area contributed by atoms with Gasteiger partial charge < -0.3 is 15.7 Å². The summed E-state index contributed by atoms with van der Waals surface area (Å²) in [5.74, 6) is 1.51. The largest absolute Gasteiger partial charge is 0.481 e. The number of carbonyl (C=O) groups is 2. The highest BCUT2D eigenvalue weighted by molar-refractivity contribution is 5.90. The van der Waals surface area contributed by atoms with Gasteiger partial charge in [-0.15, -0.1) is 6.42 Å². The topological polar surface area (TPSA) is 78.4 Å². The van der Waals surface area contributed by atoms with E-state index in [2.05, 4.69) is 16.6 Å². The summed E-state index contributed by atoms with van der Waals surface area (Å²) in [5, 5.41) is 14.3. The second-order valence-electron chi connectivity index (χ2n) is 4.48. The minimum Gasteiger partial charge on any atom is -0.481 e. The molecule has 1 saturated carbocycles. The Hall–Kier alpha value is -2.48. The average molecular weight is 258 g/mol. The molecule has 0 saturated heterocycles. The minimum absolute atomic E-state index is 0.159. The van der Waals surface area contributed by atoms with Crippen molar-refractivity contribution in [2.24, 2.45) is 0 Å². The number of urea groups is 1. The number of benzene rings is 1. The van der Waals surface area contributed by atoms with Crippen LogP contribution >= 0.6 is 0 Å². The summed E-state index contributed by atoms with van der Waals surface area (Å²) in [6.07, 6.45) is 6.35. The van der Waals surface area contributed by atoms with Gasteiger partial charge in [0.15, 0.2) is 0 Å². The molecule has 2 rings (SSSR count). The number of terminal acetylenes is 1. The summed E-state index contributed by atoms with van der Waals surface area (Å²) < 4.78 is 0.